The molecule has 1 aliphatic heterocycles. The summed E-state index contributed by atoms with van der Waals surface area (Å²) < 4.78 is 5.17. The lowest BCUT2D eigenvalue weighted by Gasteiger charge is -2.07. The number of oxime groups is 1. The van der Waals surface area contributed by atoms with Gasteiger partial charge in [-0.3, -0.25) is 9.97 Å². The molecule has 2 aromatic rings. The van der Waals surface area contributed by atoms with Crippen molar-refractivity contribution in [2.45, 2.75) is 12.5 Å². The number of hydrogen-bond donors (Lipinski definition) is 1. The van der Waals surface area contributed by atoms with Gasteiger partial charge in [-0.15, -0.1) is 0 Å². The molecule has 1 saturated heterocycles. The maximum atomic E-state index is 11.4. The molecule has 23 heavy (non-hydrogen) atoms. The molecule has 1 fully saturated rings. The molecular weight excluding hydrogens is 298 g/mol. The van der Waals surface area contributed by atoms with Gasteiger partial charge in [0.1, 0.15) is 0 Å². The predicted octanol–water partition coefficient (Wildman–Crippen LogP) is 1.74. The lowest BCUT2D eigenvalue weighted by molar-refractivity contribution is -0.129. The molecule has 1 aliphatic rings. The number of carboxylic acids is 1. The molecule has 0 bridgehead atoms. The fraction of sp³-hybridized carbons (Fsp3) is 0.250. The summed E-state index contributed by atoms with van der Waals surface area (Å²) in [5, 5.41) is 13.1. The van der Waals surface area contributed by atoms with Crippen molar-refractivity contribution in [2.75, 3.05) is 13.2 Å². The molecule has 1 atom stereocenters. The topological polar surface area (TPSA) is 93.9 Å². The summed E-state index contributed by atoms with van der Waals surface area (Å²) in [6.45, 7) is 1.04. The van der Waals surface area contributed by atoms with Crippen LogP contribution >= 0.6 is 0 Å². The highest BCUT2D eigenvalue weighted by Crippen LogP contribution is 2.17. The number of aliphatic carboxylic acids is 1. The van der Waals surface area contributed by atoms with Crippen LogP contribution in [0.15, 0.2) is 48.0 Å². The molecule has 0 unspecified atom stereocenters. The van der Waals surface area contributed by atoms with Crippen molar-refractivity contribution < 1.29 is 19.5 Å². The normalized spacial score (nSPS) is 17.9. The van der Waals surface area contributed by atoms with Gasteiger partial charge in [-0.1, -0.05) is 29.4 Å². The standard InChI is InChI=1S/C16H15N3O4/c20-16(21)15(19-23-13-5-8-22-10-13)12-3-1-11(2-4-12)14-9-17-6-7-18-14/h1-4,6-7,9,13H,5,8,10H2,(H,20,21)/b19-15+/t13-/m1/s1. The number of hydrogen-bond acceptors (Lipinski definition) is 6. The average Bonchev–Trinajstić information content (AvgIpc) is 3.10. The van der Waals surface area contributed by atoms with Crippen LogP contribution in [0.2, 0.25) is 0 Å². The highest BCUT2D eigenvalue weighted by molar-refractivity contribution is 6.42. The van der Waals surface area contributed by atoms with Gasteiger partial charge in [0.25, 0.3) is 0 Å². The molecular formula is C16H15N3O4. The second-order valence-corrected chi connectivity index (χ2v) is 5.00. The second-order valence-electron chi connectivity index (χ2n) is 5.00. The molecule has 1 N–H and O–H groups in total. The Hall–Kier alpha value is -2.80. The van der Waals surface area contributed by atoms with E-state index in [0.717, 1.165) is 5.56 Å². The molecule has 0 amide bonds. The minimum absolute atomic E-state index is 0.136. The van der Waals surface area contributed by atoms with Crippen molar-refractivity contribution in [3.63, 3.8) is 0 Å². The smallest absolute Gasteiger partial charge is 0.358 e. The van der Waals surface area contributed by atoms with Gasteiger partial charge in [-0.25, -0.2) is 4.79 Å². The number of nitrogens with zero attached hydrogens (tertiary/aromatic N) is 3. The van der Waals surface area contributed by atoms with Gasteiger partial charge in [0.05, 0.1) is 25.1 Å². The van der Waals surface area contributed by atoms with Gasteiger partial charge < -0.3 is 14.7 Å². The number of ether oxygens (including phenoxy) is 1. The van der Waals surface area contributed by atoms with Crippen LogP contribution in [-0.2, 0) is 14.4 Å². The summed E-state index contributed by atoms with van der Waals surface area (Å²) in [5.74, 6) is -1.14. The van der Waals surface area contributed by atoms with Crippen LogP contribution in [0, 0.1) is 0 Å². The molecule has 0 saturated carbocycles. The zero-order chi connectivity index (χ0) is 16.1. The van der Waals surface area contributed by atoms with Gasteiger partial charge in [0.15, 0.2) is 11.8 Å². The Kier molecular flexibility index (Phi) is 4.58. The van der Waals surface area contributed by atoms with Crippen molar-refractivity contribution in [3.8, 4) is 11.3 Å². The average molecular weight is 313 g/mol. The van der Waals surface area contributed by atoms with Crippen LogP contribution < -0.4 is 0 Å². The van der Waals surface area contributed by atoms with Crippen LogP contribution in [0.1, 0.15) is 12.0 Å². The number of aromatic nitrogens is 2. The van der Waals surface area contributed by atoms with E-state index >= 15 is 0 Å². The van der Waals surface area contributed by atoms with E-state index in [-0.39, 0.29) is 11.8 Å². The Labute approximate surface area is 132 Å². The molecule has 0 spiro atoms. The van der Waals surface area contributed by atoms with Crippen molar-refractivity contribution >= 4 is 11.7 Å². The van der Waals surface area contributed by atoms with Crippen molar-refractivity contribution in [2.24, 2.45) is 5.16 Å². The number of carbonyl (C=O) groups is 1. The van der Waals surface area contributed by atoms with E-state index in [2.05, 4.69) is 15.1 Å². The maximum Gasteiger partial charge on any atom is 0.358 e. The molecule has 118 valence electrons. The molecule has 1 aromatic carbocycles. The van der Waals surface area contributed by atoms with Crippen LogP contribution in [0.4, 0.5) is 0 Å². The Morgan fingerprint density at radius 3 is 2.74 bits per heavy atom. The highest BCUT2D eigenvalue weighted by Gasteiger charge is 2.19. The lowest BCUT2D eigenvalue weighted by atomic mass is 10.1. The monoisotopic (exact) mass is 313 g/mol. The first-order chi connectivity index (χ1) is 11.2. The Balaban J connectivity index is 1.80. The van der Waals surface area contributed by atoms with Crippen molar-refractivity contribution in [1.82, 2.24) is 9.97 Å². The van der Waals surface area contributed by atoms with E-state index in [1.807, 2.05) is 0 Å². The molecule has 1 aromatic heterocycles. The fourth-order valence-corrected chi connectivity index (χ4v) is 2.19. The molecule has 0 radical (unpaired) electrons. The van der Waals surface area contributed by atoms with E-state index in [9.17, 15) is 9.90 Å². The Morgan fingerprint density at radius 1 is 1.30 bits per heavy atom. The first-order valence-electron chi connectivity index (χ1n) is 7.16. The highest BCUT2D eigenvalue weighted by atomic mass is 16.7. The number of rotatable bonds is 5. The molecule has 3 rings (SSSR count). The van der Waals surface area contributed by atoms with Crippen molar-refractivity contribution in [3.05, 3.63) is 48.4 Å². The van der Waals surface area contributed by atoms with Gasteiger partial charge in [-0.05, 0) is 0 Å². The fourth-order valence-electron chi connectivity index (χ4n) is 2.19. The summed E-state index contributed by atoms with van der Waals surface area (Å²) in [7, 11) is 0. The molecule has 7 heteroatoms. The van der Waals surface area contributed by atoms with E-state index < -0.39 is 5.97 Å². The van der Waals surface area contributed by atoms with E-state index in [1.54, 1.807) is 42.9 Å². The van der Waals surface area contributed by atoms with E-state index in [1.165, 1.54) is 0 Å². The summed E-state index contributed by atoms with van der Waals surface area (Å²) in [4.78, 5) is 24.9. The molecule has 7 nitrogen and oxygen atoms in total. The van der Waals surface area contributed by atoms with Gasteiger partial charge >= 0.3 is 5.97 Å². The third kappa shape index (κ3) is 3.70. The van der Waals surface area contributed by atoms with Crippen LogP contribution in [-0.4, -0.2) is 46.1 Å². The van der Waals surface area contributed by atoms with Gasteiger partial charge in [-0.2, -0.15) is 0 Å². The van der Waals surface area contributed by atoms with E-state index in [0.29, 0.717) is 30.9 Å². The minimum Gasteiger partial charge on any atom is -0.476 e. The van der Waals surface area contributed by atoms with Crippen molar-refractivity contribution in [1.29, 1.82) is 0 Å². The van der Waals surface area contributed by atoms with Crippen LogP contribution in [0.5, 0.6) is 0 Å². The lowest BCUT2D eigenvalue weighted by Crippen LogP contribution is -2.17. The SMILES string of the molecule is O=C(O)/C(=N/O[C@@H]1CCOC1)c1ccc(-c2cnccn2)cc1. The van der Waals surface area contributed by atoms with Gasteiger partial charge in [0, 0.05) is 29.9 Å². The zero-order valence-electron chi connectivity index (χ0n) is 12.3. The van der Waals surface area contributed by atoms with Crippen LogP contribution in [0.25, 0.3) is 11.3 Å². The largest absolute Gasteiger partial charge is 0.476 e. The summed E-state index contributed by atoms with van der Waals surface area (Å²) in [6, 6.07) is 6.89. The number of benzene rings is 1. The quantitative estimate of drug-likeness (QED) is 0.667. The van der Waals surface area contributed by atoms with E-state index in [4.69, 9.17) is 9.57 Å². The summed E-state index contributed by atoms with van der Waals surface area (Å²) >= 11 is 0. The summed E-state index contributed by atoms with van der Waals surface area (Å²) in [5.41, 5.74) is 1.88. The summed E-state index contributed by atoms with van der Waals surface area (Å²) in [6.07, 6.45) is 5.36. The van der Waals surface area contributed by atoms with Crippen LogP contribution in [0.3, 0.4) is 0 Å². The molecule has 0 aliphatic carbocycles. The third-order valence-corrected chi connectivity index (χ3v) is 3.40. The second kappa shape index (κ2) is 6.97. The minimum atomic E-state index is -1.14. The third-order valence-electron chi connectivity index (χ3n) is 3.40. The molecule has 2 heterocycles. The Bertz CT molecular complexity index is 695. The first-order valence-corrected chi connectivity index (χ1v) is 7.16. The number of carboxylic acid groups (broad SMARTS) is 1. The zero-order valence-corrected chi connectivity index (χ0v) is 12.3. The maximum absolute atomic E-state index is 11.4. The van der Waals surface area contributed by atoms with Gasteiger partial charge in [0.2, 0.25) is 0 Å². The Morgan fingerprint density at radius 2 is 2.13 bits per heavy atom. The predicted molar refractivity (Wildman–Crippen MR) is 81.9 cm³/mol. The first kappa shape index (κ1) is 15.1.